The SMILES string of the molecule is COC1CCCC(OC(=O)[C@@H]2CC(O)CN2)C1. The highest BCUT2D eigenvalue weighted by molar-refractivity contribution is 5.76. The third-order valence-electron chi connectivity index (χ3n) is 3.59. The first kappa shape index (κ1) is 12.8. The molecule has 2 fully saturated rings. The van der Waals surface area contributed by atoms with Gasteiger partial charge in [0.2, 0.25) is 0 Å². The number of rotatable bonds is 3. The minimum atomic E-state index is -0.425. The molecule has 1 aliphatic heterocycles. The van der Waals surface area contributed by atoms with Gasteiger partial charge in [-0.3, -0.25) is 4.79 Å². The molecule has 0 aromatic carbocycles. The maximum Gasteiger partial charge on any atom is 0.323 e. The topological polar surface area (TPSA) is 67.8 Å². The van der Waals surface area contributed by atoms with Gasteiger partial charge in [-0.1, -0.05) is 0 Å². The van der Waals surface area contributed by atoms with E-state index in [-0.39, 0.29) is 24.2 Å². The summed E-state index contributed by atoms with van der Waals surface area (Å²) in [5, 5.41) is 12.3. The molecule has 0 radical (unpaired) electrons. The summed E-state index contributed by atoms with van der Waals surface area (Å²) in [6.45, 7) is 0.477. The highest BCUT2D eigenvalue weighted by atomic mass is 16.5. The summed E-state index contributed by atoms with van der Waals surface area (Å²) in [5.41, 5.74) is 0. The summed E-state index contributed by atoms with van der Waals surface area (Å²) in [5.74, 6) is -0.233. The van der Waals surface area contributed by atoms with E-state index in [0.29, 0.717) is 13.0 Å². The van der Waals surface area contributed by atoms with Crippen LogP contribution in [0.15, 0.2) is 0 Å². The monoisotopic (exact) mass is 243 g/mol. The van der Waals surface area contributed by atoms with E-state index in [9.17, 15) is 9.90 Å². The van der Waals surface area contributed by atoms with Crippen LogP contribution in [-0.2, 0) is 14.3 Å². The van der Waals surface area contributed by atoms with E-state index in [4.69, 9.17) is 9.47 Å². The number of aliphatic hydroxyl groups excluding tert-OH is 1. The molecule has 0 spiro atoms. The van der Waals surface area contributed by atoms with Crippen molar-refractivity contribution in [2.45, 2.75) is 56.5 Å². The second kappa shape index (κ2) is 5.80. The Balaban J connectivity index is 1.78. The number of hydrogen-bond acceptors (Lipinski definition) is 5. The van der Waals surface area contributed by atoms with Crippen LogP contribution in [0.25, 0.3) is 0 Å². The molecule has 1 saturated heterocycles. The van der Waals surface area contributed by atoms with Gasteiger partial charge in [-0.05, 0) is 19.3 Å². The lowest BCUT2D eigenvalue weighted by molar-refractivity contribution is -0.155. The van der Waals surface area contributed by atoms with E-state index in [1.165, 1.54) is 0 Å². The summed E-state index contributed by atoms with van der Waals surface area (Å²) in [6, 6.07) is -0.340. The van der Waals surface area contributed by atoms with Gasteiger partial charge in [-0.2, -0.15) is 0 Å². The molecule has 17 heavy (non-hydrogen) atoms. The van der Waals surface area contributed by atoms with Crippen molar-refractivity contribution in [3.8, 4) is 0 Å². The van der Waals surface area contributed by atoms with E-state index in [1.54, 1.807) is 7.11 Å². The standard InChI is InChI=1S/C12H21NO4/c1-16-9-3-2-4-10(6-9)17-12(15)11-5-8(14)7-13-11/h8-11,13-14H,2-7H2,1H3/t8?,9?,10?,11-/m0/s1. The smallest absolute Gasteiger partial charge is 0.323 e. The van der Waals surface area contributed by atoms with Crippen molar-refractivity contribution in [3.05, 3.63) is 0 Å². The highest BCUT2D eigenvalue weighted by Gasteiger charge is 2.32. The Morgan fingerprint density at radius 1 is 1.29 bits per heavy atom. The molecule has 2 N–H and O–H groups in total. The van der Waals surface area contributed by atoms with Gasteiger partial charge in [0.25, 0.3) is 0 Å². The zero-order valence-electron chi connectivity index (χ0n) is 10.2. The van der Waals surface area contributed by atoms with Crippen LogP contribution in [0.3, 0.4) is 0 Å². The van der Waals surface area contributed by atoms with E-state index >= 15 is 0 Å². The Morgan fingerprint density at radius 3 is 2.71 bits per heavy atom. The van der Waals surface area contributed by atoms with Crippen LogP contribution >= 0.6 is 0 Å². The van der Waals surface area contributed by atoms with Crippen LogP contribution in [0.1, 0.15) is 32.1 Å². The van der Waals surface area contributed by atoms with Crippen LogP contribution < -0.4 is 5.32 Å². The molecule has 3 unspecified atom stereocenters. The van der Waals surface area contributed by atoms with E-state index in [2.05, 4.69) is 5.32 Å². The average Bonchev–Trinajstić information content (AvgIpc) is 2.76. The summed E-state index contributed by atoms with van der Waals surface area (Å²) in [4.78, 5) is 11.8. The van der Waals surface area contributed by atoms with Crippen molar-refractivity contribution >= 4 is 5.97 Å². The van der Waals surface area contributed by atoms with Gasteiger partial charge in [0.15, 0.2) is 0 Å². The van der Waals surface area contributed by atoms with Crippen molar-refractivity contribution in [2.75, 3.05) is 13.7 Å². The zero-order chi connectivity index (χ0) is 12.3. The largest absolute Gasteiger partial charge is 0.461 e. The Hall–Kier alpha value is -0.650. The third kappa shape index (κ3) is 3.40. The van der Waals surface area contributed by atoms with Crippen LogP contribution in [0.4, 0.5) is 0 Å². The molecule has 4 atom stereocenters. The van der Waals surface area contributed by atoms with Crippen molar-refractivity contribution in [1.82, 2.24) is 5.32 Å². The molecule has 5 nitrogen and oxygen atoms in total. The minimum absolute atomic E-state index is 0.0271. The lowest BCUT2D eigenvalue weighted by Crippen LogP contribution is -2.37. The average molecular weight is 243 g/mol. The Kier molecular flexibility index (Phi) is 4.36. The molecular formula is C12H21NO4. The van der Waals surface area contributed by atoms with Crippen molar-refractivity contribution in [1.29, 1.82) is 0 Å². The number of aliphatic hydroxyl groups is 1. The normalized spacial score (nSPS) is 38.0. The second-order valence-electron chi connectivity index (χ2n) is 4.93. The summed E-state index contributed by atoms with van der Waals surface area (Å²) in [6.07, 6.45) is 4.01. The number of nitrogens with one attached hydrogen (secondary N) is 1. The van der Waals surface area contributed by atoms with Crippen LogP contribution in [0.2, 0.25) is 0 Å². The van der Waals surface area contributed by atoms with E-state index in [0.717, 1.165) is 25.7 Å². The minimum Gasteiger partial charge on any atom is -0.461 e. The summed E-state index contributed by atoms with van der Waals surface area (Å²) >= 11 is 0. The number of esters is 1. The van der Waals surface area contributed by atoms with Crippen LogP contribution in [0.5, 0.6) is 0 Å². The lowest BCUT2D eigenvalue weighted by atomic mass is 9.95. The predicted molar refractivity (Wildman–Crippen MR) is 61.6 cm³/mol. The second-order valence-corrected chi connectivity index (χ2v) is 4.93. The van der Waals surface area contributed by atoms with Gasteiger partial charge in [0.05, 0.1) is 12.2 Å². The molecule has 0 amide bonds. The molecule has 1 heterocycles. The number of hydrogen-bond donors (Lipinski definition) is 2. The van der Waals surface area contributed by atoms with Crippen molar-refractivity contribution in [2.24, 2.45) is 0 Å². The molecule has 98 valence electrons. The molecule has 0 bridgehead atoms. The number of methoxy groups -OCH3 is 1. The zero-order valence-corrected chi connectivity index (χ0v) is 10.2. The molecule has 2 rings (SSSR count). The van der Waals surface area contributed by atoms with E-state index in [1.807, 2.05) is 0 Å². The maximum absolute atomic E-state index is 11.8. The Morgan fingerprint density at radius 2 is 2.06 bits per heavy atom. The number of β-amino-alcohol motifs (C(OH)–C–C–N with tert-alkyl or cyclic N) is 1. The Bertz CT molecular complexity index is 271. The molecule has 0 aromatic rings. The van der Waals surface area contributed by atoms with Crippen LogP contribution in [-0.4, -0.2) is 49.1 Å². The first-order chi connectivity index (χ1) is 8.19. The summed E-state index contributed by atoms with van der Waals surface area (Å²) < 4.78 is 10.8. The molecule has 1 aliphatic carbocycles. The third-order valence-corrected chi connectivity index (χ3v) is 3.59. The van der Waals surface area contributed by atoms with Crippen LogP contribution in [0, 0.1) is 0 Å². The highest BCUT2D eigenvalue weighted by Crippen LogP contribution is 2.24. The van der Waals surface area contributed by atoms with Crippen molar-refractivity contribution < 1.29 is 19.4 Å². The molecule has 2 aliphatic rings. The maximum atomic E-state index is 11.8. The molecular weight excluding hydrogens is 222 g/mol. The number of ether oxygens (including phenoxy) is 2. The fourth-order valence-electron chi connectivity index (χ4n) is 2.57. The first-order valence-electron chi connectivity index (χ1n) is 6.33. The predicted octanol–water partition coefficient (Wildman–Crippen LogP) is 0.210. The molecule has 0 aromatic heterocycles. The van der Waals surface area contributed by atoms with E-state index < -0.39 is 6.10 Å². The molecule has 1 saturated carbocycles. The van der Waals surface area contributed by atoms with Gasteiger partial charge in [-0.25, -0.2) is 0 Å². The number of carbonyl (C=O) groups is 1. The van der Waals surface area contributed by atoms with Gasteiger partial charge in [0, 0.05) is 26.5 Å². The van der Waals surface area contributed by atoms with Gasteiger partial charge < -0.3 is 19.9 Å². The first-order valence-corrected chi connectivity index (χ1v) is 6.33. The Labute approximate surface area is 101 Å². The lowest BCUT2D eigenvalue weighted by Gasteiger charge is -2.28. The van der Waals surface area contributed by atoms with Gasteiger partial charge >= 0.3 is 5.97 Å². The van der Waals surface area contributed by atoms with Crippen molar-refractivity contribution in [3.63, 3.8) is 0 Å². The van der Waals surface area contributed by atoms with Gasteiger partial charge in [-0.15, -0.1) is 0 Å². The van der Waals surface area contributed by atoms with Gasteiger partial charge in [0.1, 0.15) is 12.1 Å². The quantitative estimate of drug-likeness (QED) is 0.694. The fraction of sp³-hybridized carbons (Fsp3) is 0.917. The fourth-order valence-corrected chi connectivity index (χ4v) is 2.57. The number of carbonyl (C=O) groups excluding carboxylic acids is 1. The summed E-state index contributed by atoms with van der Waals surface area (Å²) in [7, 11) is 1.70. The molecule has 5 heteroatoms.